The maximum Gasteiger partial charge on any atom is 0.261 e. The second-order valence-corrected chi connectivity index (χ2v) is 5.60. The molecular weight excluding hydrogens is 306 g/mol. The van der Waals surface area contributed by atoms with Crippen LogP contribution in [0.15, 0.2) is 48.7 Å². The quantitative estimate of drug-likeness (QED) is 0.853. The summed E-state index contributed by atoms with van der Waals surface area (Å²) in [5, 5.41) is 2.82. The number of nitrogens with one attached hydrogen (secondary N) is 1. The van der Waals surface area contributed by atoms with Crippen LogP contribution in [-0.4, -0.2) is 34.2 Å². The van der Waals surface area contributed by atoms with Crippen LogP contribution < -0.4 is 5.32 Å². The van der Waals surface area contributed by atoms with E-state index in [-0.39, 0.29) is 36.7 Å². The van der Waals surface area contributed by atoms with Crippen molar-refractivity contribution in [3.05, 3.63) is 65.5 Å². The van der Waals surface area contributed by atoms with Crippen LogP contribution in [0.25, 0.3) is 0 Å². The van der Waals surface area contributed by atoms with E-state index >= 15 is 0 Å². The van der Waals surface area contributed by atoms with Gasteiger partial charge in [0.1, 0.15) is 0 Å². The van der Waals surface area contributed by atoms with Gasteiger partial charge in [-0.25, -0.2) is 0 Å². The lowest BCUT2D eigenvalue weighted by atomic mass is 10.1. The fourth-order valence-corrected chi connectivity index (χ4v) is 2.68. The molecular formula is C18H17N3O3. The van der Waals surface area contributed by atoms with Crippen LogP contribution in [0.1, 0.15) is 45.8 Å². The van der Waals surface area contributed by atoms with E-state index in [0.29, 0.717) is 11.1 Å². The van der Waals surface area contributed by atoms with Crippen molar-refractivity contribution in [3.8, 4) is 0 Å². The summed E-state index contributed by atoms with van der Waals surface area (Å²) in [6, 6.07) is 11.9. The van der Waals surface area contributed by atoms with Gasteiger partial charge in [0.05, 0.1) is 22.9 Å². The molecule has 0 saturated heterocycles. The van der Waals surface area contributed by atoms with Crippen molar-refractivity contribution in [2.75, 3.05) is 6.54 Å². The third-order valence-electron chi connectivity index (χ3n) is 3.95. The lowest BCUT2D eigenvalue weighted by Crippen LogP contribution is -2.35. The lowest BCUT2D eigenvalue weighted by molar-refractivity contribution is -0.121. The van der Waals surface area contributed by atoms with Gasteiger partial charge in [-0.1, -0.05) is 18.2 Å². The molecule has 1 unspecified atom stereocenters. The fourth-order valence-electron chi connectivity index (χ4n) is 2.68. The number of hydrogen-bond donors (Lipinski definition) is 1. The van der Waals surface area contributed by atoms with Crippen LogP contribution in [0.3, 0.4) is 0 Å². The van der Waals surface area contributed by atoms with E-state index < -0.39 is 0 Å². The van der Waals surface area contributed by atoms with E-state index in [1.54, 1.807) is 36.5 Å². The van der Waals surface area contributed by atoms with Crippen molar-refractivity contribution in [2.24, 2.45) is 0 Å². The Morgan fingerprint density at radius 3 is 2.29 bits per heavy atom. The maximum atomic E-state index is 12.2. The molecule has 0 aliphatic carbocycles. The highest BCUT2D eigenvalue weighted by atomic mass is 16.2. The minimum atomic E-state index is -0.346. The minimum Gasteiger partial charge on any atom is -0.348 e. The molecule has 1 aromatic carbocycles. The molecule has 1 N–H and O–H groups in total. The number of amides is 3. The maximum absolute atomic E-state index is 12.2. The zero-order chi connectivity index (χ0) is 17.1. The van der Waals surface area contributed by atoms with Crippen LogP contribution in [0.4, 0.5) is 0 Å². The van der Waals surface area contributed by atoms with Gasteiger partial charge in [-0.3, -0.25) is 24.3 Å². The van der Waals surface area contributed by atoms with Crippen LogP contribution in [0, 0.1) is 0 Å². The number of fused-ring (bicyclic) bond motifs is 1. The van der Waals surface area contributed by atoms with E-state index in [4.69, 9.17) is 0 Å². The van der Waals surface area contributed by atoms with Crippen LogP contribution in [0.5, 0.6) is 0 Å². The number of imide groups is 1. The van der Waals surface area contributed by atoms with Gasteiger partial charge < -0.3 is 5.32 Å². The van der Waals surface area contributed by atoms with Gasteiger partial charge in [-0.2, -0.15) is 0 Å². The molecule has 0 radical (unpaired) electrons. The average Bonchev–Trinajstić information content (AvgIpc) is 2.85. The smallest absolute Gasteiger partial charge is 0.261 e. The Kier molecular flexibility index (Phi) is 4.37. The molecule has 2 heterocycles. The predicted octanol–water partition coefficient (Wildman–Crippen LogP) is 1.95. The van der Waals surface area contributed by atoms with E-state index in [1.165, 1.54) is 0 Å². The largest absolute Gasteiger partial charge is 0.348 e. The average molecular weight is 323 g/mol. The Balaban J connectivity index is 1.58. The number of rotatable bonds is 5. The predicted molar refractivity (Wildman–Crippen MR) is 87.2 cm³/mol. The second-order valence-electron chi connectivity index (χ2n) is 5.60. The van der Waals surface area contributed by atoms with Gasteiger partial charge in [-0.05, 0) is 31.2 Å². The molecule has 6 nitrogen and oxygen atoms in total. The van der Waals surface area contributed by atoms with Crippen molar-refractivity contribution in [3.63, 3.8) is 0 Å². The number of nitrogens with zero attached hydrogens (tertiary/aromatic N) is 2. The number of aromatic nitrogens is 1. The molecule has 1 aromatic heterocycles. The van der Waals surface area contributed by atoms with Gasteiger partial charge >= 0.3 is 0 Å². The molecule has 6 heteroatoms. The molecule has 2 aromatic rings. The second kappa shape index (κ2) is 6.62. The molecule has 0 fully saturated rings. The third kappa shape index (κ3) is 3.03. The van der Waals surface area contributed by atoms with Crippen molar-refractivity contribution < 1.29 is 14.4 Å². The van der Waals surface area contributed by atoms with Crippen LogP contribution in [0.2, 0.25) is 0 Å². The number of benzene rings is 1. The van der Waals surface area contributed by atoms with Gasteiger partial charge in [0.15, 0.2) is 0 Å². The first-order valence-corrected chi connectivity index (χ1v) is 7.73. The van der Waals surface area contributed by atoms with Gasteiger partial charge in [-0.15, -0.1) is 0 Å². The zero-order valence-electron chi connectivity index (χ0n) is 13.2. The SMILES string of the molecule is CC(NC(=O)CCN1C(=O)c2ccccc2C1=O)c1ccccn1. The molecule has 24 heavy (non-hydrogen) atoms. The van der Waals surface area contributed by atoms with Gasteiger partial charge in [0, 0.05) is 19.2 Å². The minimum absolute atomic E-state index is 0.0582. The van der Waals surface area contributed by atoms with E-state index in [0.717, 1.165) is 10.6 Å². The van der Waals surface area contributed by atoms with E-state index in [9.17, 15) is 14.4 Å². The summed E-state index contributed by atoms with van der Waals surface area (Å²) in [6.07, 6.45) is 1.72. The summed E-state index contributed by atoms with van der Waals surface area (Å²) in [5.41, 5.74) is 1.54. The molecule has 1 aliphatic rings. The summed E-state index contributed by atoms with van der Waals surface area (Å²) < 4.78 is 0. The first-order valence-electron chi connectivity index (χ1n) is 7.73. The van der Waals surface area contributed by atoms with Crippen molar-refractivity contribution >= 4 is 17.7 Å². The van der Waals surface area contributed by atoms with Crippen molar-refractivity contribution in [2.45, 2.75) is 19.4 Å². The highest BCUT2D eigenvalue weighted by molar-refractivity contribution is 6.21. The van der Waals surface area contributed by atoms with E-state index in [2.05, 4.69) is 10.3 Å². The van der Waals surface area contributed by atoms with Gasteiger partial charge in [0.2, 0.25) is 5.91 Å². The normalized spacial score (nSPS) is 14.5. The monoisotopic (exact) mass is 323 g/mol. The Labute approximate surface area is 139 Å². The molecule has 1 aliphatic heterocycles. The number of carbonyl (C=O) groups is 3. The summed E-state index contributed by atoms with van der Waals surface area (Å²) in [7, 11) is 0. The fraction of sp³-hybridized carbons (Fsp3) is 0.222. The zero-order valence-corrected chi connectivity index (χ0v) is 13.2. The molecule has 3 amide bonds. The highest BCUT2D eigenvalue weighted by Gasteiger charge is 2.34. The molecule has 0 saturated carbocycles. The summed E-state index contributed by atoms with van der Waals surface area (Å²) in [4.78, 5) is 41.8. The van der Waals surface area contributed by atoms with Gasteiger partial charge in [0.25, 0.3) is 11.8 Å². The summed E-state index contributed by atoms with van der Waals surface area (Å²) >= 11 is 0. The Morgan fingerprint density at radius 2 is 1.71 bits per heavy atom. The molecule has 3 rings (SSSR count). The number of pyridine rings is 1. The van der Waals surface area contributed by atoms with Crippen molar-refractivity contribution in [1.82, 2.24) is 15.2 Å². The Bertz CT molecular complexity index is 754. The number of carbonyl (C=O) groups excluding carboxylic acids is 3. The Morgan fingerprint density at radius 1 is 1.08 bits per heavy atom. The molecule has 0 bridgehead atoms. The summed E-state index contributed by atoms with van der Waals surface area (Å²) in [6.45, 7) is 1.90. The topological polar surface area (TPSA) is 79.4 Å². The lowest BCUT2D eigenvalue weighted by Gasteiger charge is -2.16. The number of hydrogen-bond acceptors (Lipinski definition) is 4. The molecule has 122 valence electrons. The first-order chi connectivity index (χ1) is 11.6. The Hall–Kier alpha value is -3.02. The molecule has 0 spiro atoms. The highest BCUT2D eigenvalue weighted by Crippen LogP contribution is 2.22. The first kappa shape index (κ1) is 15.9. The molecule has 1 atom stereocenters. The third-order valence-corrected chi connectivity index (χ3v) is 3.95. The van der Waals surface area contributed by atoms with Crippen LogP contribution in [-0.2, 0) is 4.79 Å². The van der Waals surface area contributed by atoms with E-state index in [1.807, 2.05) is 19.1 Å². The standard InChI is InChI=1S/C18H17N3O3/c1-12(15-8-4-5-10-19-15)20-16(22)9-11-21-17(23)13-6-2-3-7-14(13)18(21)24/h2-8,10,12H,9,11H2,1H3,(H,20,22). The van der Waals surface area contributed by atoms with Crippen LogP contribution >= 0.6 is 0 Å². The summed E-state index contributed by atoms with van der Waals surface area (Å²) in [5.74, 6) is -0.924. The van der Waals surface area contributed by atoms with Crippen molar-refractivity contribution in [1.29, 1.82) is 0 Å².